The molecular formula is C13H11BrClN3O. The van der Waals surface area contributed by atoms with Crippen LogP contribution in [0.4, 0.5) is 0 Å². The first-order valence-electron chi connectivity index (χ1n) is 5.57. The van der Waals surface area contributed by atoms with Crippen LogP contribution in [0.25, 0.3) is 0 Å². The van der Waals surface area contributed by atoms with Gasteiger partial charge in [0.25, 0.3) is 5.91 Å². The number of aromatic nitrogens is 2. The van der Waals surface area contributed by atoms with Crippen molar-refractivity contribution in [2.75, 3.05) is 0 Å². The molecule has 0 aliphatic heterocycles. The quantitative estimate of drug-likeness (QED) is 0.934. The number of hydrogen-bond donors (Lipinski definition) is 1. The van der Waals surface area contributed by atoms with Crippen molar-refractivity contribution in [2.45, 2.75) is 13.5 Å². The molecule has 98 valence electrons. The average molecular weight is 341 g/mol. The Labute approximate surface area is 124 Å². The molecule has 1 aromatic heterocycles. The second-order valence-corrected chi connectivity index (χ2v) is 5.28. The van der Waals surface area contributed by atoms with Crippen molar-refractivity contribution in [3.8, 4) is 0 Å². The molecule has 0 aliphatic rings. The highest BCUT2D eigenvalue weighted by molar-refractivity contribution is 9.10. The van der Waals surface area contributed by atoms with Crippen LogP contribution in [0, 0.1) is 6.92 Å². The zero-order valence-corrected chi connectivity index (χ0v) is 12.5. The lowest BCUT2D eigenvalue weighted by Gasteiger charge is -2.07. The van der Waals surface area contributed by atoms with E-state index in [-0.39, 0.29) is 5.91 Å². The summed E-state index contributed by atoms with van der Waals surface area (Å²) >= 11 is 9.29. The minimum Gasteiger partial charge on any atom is -0.346 e. The molecule has 0 fully saturated rings. The summed E-state index contributed by atoms with van der Waals surface area (Å²) in [5.41, 5.74) is 1.96. The molecule has 0 atom stereocenters. The van der Waals surface area contributed by atoms with E-state index < -0.39 is 0 Å². The second-order valence-electron chi connectivity index (χ2n) is 3.96. The SMILES string of the molecule is Cc1cnc(CNC(=O)c2cc(Br)ccc2Cl)cn1. The highest BCUT2D eigenvalue weighted by Crippen LogP contribution is 2.20. The summed E-state index contributed by atoms with van der Waals surface area (Å²) in [6.45, 7) is 2.17. The number of hydrogen-bond acceptors (Lipinski definition) is 3. The predicted octanol–water partition coefficient (Wildman–Crippen LogP) is 3.13. The molecule has 0 saturated heterocycles. The monoisotopic (exact) mass is 339 g/mol. The van der Waals surface area contributed by atoms with Crippen molar-refractivity contribution < 1.29 is 4.79 Å². The first-order chi connectivity index (χ1) is 9.06. The molecule has 4 nitrogen and oxygen atoms in total. The van der Waals surface area contributed by atoms with E-state index in [1.807, 2.05) is 6.92 Å². The Morgan fingerprint density at radius 3 is 2.84 bits per heavy atom. The van der Waals surface area contributed by atoms with Crippen molar-refractivity contribution in [3.05, 3.63) is 57.0 Å². The van der Waals surface area contributed by atoms with Gasteiger partial charge in [0.05, 0.1) is 34.7 Å². The lowest BCUT2D eigenvalue weighted by Crippen LogP contribution is -2.23. The van der Waals surface area contributed by atoms with Crippen LogP contribution >= 0.6 is 27.5 Å². The third-order valence-corrected chi connectivity index (χ3v) is 3.26. The van der Waals surface area contributed by atoms with Gasteiger partial charge in [-0.25, -0.2) is 0 Å². The molecular weight excluding hydrogens is 330 g/mol. The topological polar surface area (TPSA) is 54.9 Å². The number of carbonyl (C=O) groups excluding carboxylic acids is 1. The van der Waals surface area contributed by atoms with Crippen LogP contribution in [-0.4, -0.2) is 15.9 Å². The number of nitrogens with zero attached hydrogens (tertiary/aromatic N) is 2. The molecule has 0 aliphatic carbocycles. The predicted molar refractivity (Wildman–Crippen MR) is 77.1 cm³/mol. The van der Waals surface area contributed by atoms with Crippen molar-refractivity contribution in [1.82, 2.24) is 15.3 Å². The van der Waals surface area contributed by atoms with Gasteiger partial charge in [0.2, 0.25) is 0 Å². The Morgan fingerprint density at radius 2 is 2.16 bits per heavy atom. The van der Waals surface area contributed by atoms with Gasteiger partial charge in [0, 0.05) is 10.7 Å². The standard InChI is InChI=1S/C13H11BrClN3O/c1-8-5-17-10(6-16-8)7-18-13(19)11-4-9(14)2-3-12(11)15/h2-6H,7H2,1H3,(H,18,19). The van der Waals surface area contributed by atoms with Crippen molar-refractivity contribution in [2.24, 2.45) is 0 Å². The molecule has 1 heterocycles. The maximum atomic E-state index is 12.0. The van der Waals surface area contributed by atoms with Gasteiger partial charge in [-0.2, -0.15) is 0 Å². The minimum absolute atomic E-state index is 0.242. The largest absolute Gasteiger partial charge is 0.346 e. The number of rotatable bonds is 3. The van der Waals surface area contributed by atoms with Gasteiger partial charge in [0.1, 0.15) is 0 Å². The highest BCUT2D eigenvalue weighted by atomic mass is 79.9. The third kappa shape index (κ3) is 3.75. The Balaban J connectivity index is 2.05. The lowest BCUT2D eigenvalue weighted by molar-refractivity contribution is 0.0950. The summed E-state index contributed by atoms with van der Waals surface area (Å²) < 4.78 is 0.803. The van der Waals surface area contributed by atoms with E-state index >= 15 is 0 Å². The van der Waals surface area contributed by atoms with Gasteiger partial charge >= 0.3 is 0 Å². The van der Waals surface area contributed by atoms with E-state index in [2.05, 4.69) is 31.2 Å². The summed E-state index contributed by atoms with van der Waals surface area (Å²) in [6, 6.07) is 5.13. The van der Waals surface area contributed by atoms with Crippen LogP contribution in [0.1, 0.15) is 21.7 Å². The number of amides is 1. The number of carbonyl (C=O) groups is 1. The fraction of sp³-hybridized carbons (Fsp3) is 0.154. The molecule has 2 rings (SSSR count). The third-order valence-electron chi connectivity index (χ3n) is 2.44. The summed E-state index contributed by atoms with van der Waals surface area (Å²) in [4.78, 5) is 20.3. The van der Waals surface area contributed by atoms with Crippen LogP contribution in [0.5, 0.6) is 0 Å². The van der Waals surface area contributed by atoms with Crippen molar-refractivity contribution >= 4 is 33.4 Å². The van der Waals surface area contributed by atoms with Crippen LogP contribution < -0.4 is 5.32 Å². The Hall–Kier alpha value is -1.46. The highest BCUT2D eigenvalue weighted by Gasteiger charge is 2.10. The van der Waals surface area contributed by atoms with Gasteiger partial charge in [-0.1, -0.05) is 27.5 Å². The van der Waals surface area contributed by atoms with E-state index in [1.165, 1.54) is 0 Å². The molecule has 1 aromatic carbocycles. The number of benzene rings is 1. The van der Waals surface area contributed by atoms with Crippen molar-refractivity contribution in [1.29, 1.82) is 0 Å². The number of nitrogens with one attached hydrogen (secondary N) is 1. The fourth-order valence-corrected chi connectivity index (χ4v) is 2.01. The first kappa shape index (κ1) is 14.0. The minimum atomic E-state index is -0.242. The van der Waals surface area contributed by atoms with E-state index in [9.17, 15) is 4.79 Å². The average Bonchev–Trinajstić information content (AvgIpc) is 2.40. The summed E-state index contributed by atoms with van der Waals surface area (Å²) in [5, 5.41) is 3.17. The summed E-state index contributed by atoms with van der Waals surface area (Å²) in [7, 11) is 0. The zero-order valence-electron chi connectivity index (χ0n) is 10.2. The van der Waals surface area contributed by atoms with E-state index in [1.54, 1.807) is 30.6 Å². The van der Waals surface area contributed by atoms with Crippen LogP contribution in [0.15, 0.2) is 35.1 Å². The molecule has 0 bridgehead atoms. The molecule has 1 amide bonds. The smallest absolute Gasteiger partial charge is 0.253 e. The molecule has 0 radical (unpaired) electrons. The summed E-state index contributed by atoms with van der Waals surface area (Å²) in [6.07, 6.45) is 3.30. The maximum absolute atomic E-state index is 12.0. The first-order valence-corrected chi connectivity index (χ1v) is 6.74. The van der Waals surface area contributed by atoms with Crippen LogP contribution in [-0.2, 0) is 6.54 Å². The van der Waals surface area contributed by atoms with E-state index in [0.29, 0.717) is 22.8 Å². The van der Waals surface area contributed by atoms with Gasteiger partial charge < -0.3 is 5.32 Å². The van der Waals surface area contributed by atoms with Gasteiger partial charge in [0.15, 0.2) is 0 Å². The van der Waals surface area contributed by atoms with E-state index in [0.717, 1.165) is 10.2 Å². The van der Waals surface area contributed by atoms with Crippen molar-refractivity contribution in [3.63, 3.8) is 0 Å². The molecule has 0 unspecified atom stereocenters. The lowest BCUT2D eigenvalue weighted by atomic mass is 10.2. The Bertz CT molecular complexity index is 601. The molecule has 19 heavy (non-hydrogen) atoms. The van der Waals surface area contributed by atoms with Gasteiger partial charge in [-0.15, -0.1) is 0 Å². The normalized spacial score (nSPS) is 10.3. The Morgan fingerprint density at radius 1 is 1.37 bits per heavy atom. The number of halogens is 2. The van der Waals surface area contributed by atoms with Gasteiger partial charge in [-0.3, -0.25) is 14.8 Å². The fourth-order valence-electron chi connectivity index (χ4n) is 1.45. The molecule has 1 N–H and O–H groups in total. The zero-order chi connectivity index (χ0) is 13.8. The molecule has 2 aromatic rings. The summed E-state index contributed by atoms with van der Waals surface area (Å²) in [5.74, 6) is -0.242. The molecule has 0 spiro atoms. The second kappa shape index (κ2) is 6.12. The maximum Gasteiger partial charge on any atom is 0.253 e. The van der Waals surface area contributed by atoms with Gasteiger partial charge in [-0.05, 0) is 25.1 Å². The molecule has 6 heteroatoms. The number of aryl methyl sites for hydroxylation is 1. The van der Waals surface area contributed by atoms with Crippen LogP contribution in [0.2, 0.25) is 5.02 Å². The van der Waals surface area contributed by atoms with Crippen LogP contribution in [0.3, 0.4) is 0 Å². The van der Waals surface area contributed by atoms with E-state index in [4.69, 9.17) is 11.6 Å². The Kier molecular flexibility index (Phi) is 4.50. The molecule has 0 saturated carbocycles.